The topological polar surface area (TPSA) is 47.8 Å². The molecular weight excluding hydrogens is 270 g/mol. The van der Waals surface area contributed by atoms with Gasteiger partial charge in [0.05, 0.1) is 0 Å². The molecule has 2 aromatic heterocycles. The fourth-order valence-corrected chi connectivity index (χ4v) is 3.61. The predicted octanol–water partition coefficient (Wildman–Crippen LogP) is 2.77. The van der Waals surface area contributed by atoms with Crippen molar-refractivity contribution in [3.8, 4) is 10.6 Å². The minimum absolute atomic E-state index is 0.0117. The van der Waals surface area contributed by atoms with Crippen molar-refractivity contribution in [3.05, 3.63) is 46.0 Å². The average molecular weight is 283 g/mol. The molecule has 0 unspecified atom stereocenters. The van der Waals surface area contributed by atoms with Crippen LogP contribution in [0.15, 0.2) is 29.1 Å². The van der Waals surface area contributed by atoms with E-state index in [9.17, 15) is 4.79 Å². The van der Waals surface area contributed by atoms with Crippen molar-refractivity contribution in [2.45, 2.75) is 26.3 Å². The highest BCUT2D eigenvalue weighted by molar-refractivity contribution is 7.21. The molecular formula is C15H13N3OS. The van der Waals surface area contributed by atoms with Crippen LogP contribution in [0.1, 0.15) is 17.8 Å². The van der Waals surface area contributed by atoms with Gasteiger partial charge < -0.3 is 0 Å². The molecule has 3 heterocycles. The predicted molar refractivity (Wildman–Crippen MR) is 80.2 cm³/mol. The van der Waals surface area contributed by atoms with Gasteiger partial charge in [-0.2, -0.15) is 0 Å². The molecule has 1 aliphatic rings. The molecule has 3 aromatic rings. The zero-order valence-electron chi connectivity index (χ0n) is 11.1. The van der Waals surface area contributed by atoms with Crippen molar-refractivity contribution in [1.29, 1.82) is 0 Å². The molecule has 0 radical (unpaired) electrons. The first-order chi connectivity index (χ1) is 9.72. The molecule has 0 saturated heterocycles. The van der Waals surface area contributed by atoms with Crippen LogP contribution in [0.5, 0.6) is 0 Å². The molecule has 0 aliphatic carbocycles. The lowest BCUT2D eigenvalue weighted by molar-refractivity contribution is 0.718. The lowest BCUT2D eigenvalue weighted by atomic mass is 10.1. The average Bonchev–Trinajstić information content (AvgIpc) is 3.05. The molecule has 20 heavy (non-hydrogen) atoms. The van der Waals surface area contributed by atoms with Gasteiger partial charge in [0.1, 0.15) is 10.8 Å². The Kier molecular flexibility index (Phi) is 2.50. The number of nitrogens with zero attached hydrogens (tertiary/aromatic N) is 3. The number of aryl methyl sites for hydroxylation is 2. The van der Waals surface area contributed by atoms with Crippen LogP contribution in [0.4, 0.5) is 0 Å². The lowest BCUT2D eigenvalue weighted by Gasteiger charge is -1.99. The van der Waals surface area contributed by atoms with E-state index >= 15 is 0 Å². The fraction of sp³-hybridized carbons (Fsp3) is 0.267. The van der Waals surface area contributed by atoms with Crippen LogP contribution in [0.3, 0.4) is 0 Å². The van der Waals surface area contributed by atoms with Gasteiger partial charge in [0.2, 0.25) is 0 Å². The van der Waals surface area contributed by atoms with E-state index in [4.69, 9.17) is 0 Å². The summed E-state index contributed by atoms with van der Waals surface area (Å²) in [6.07, 6.45) is 1.90. The molecule has 4 nitrogen and oxygen atoms in total. The molecule has 0 atom stereocenters. The smallest absolute Gasteiger partial charge is 0.280 e. The van der Waals surface area contributed by atoms with Crippen LogP contribution in [0.25, 0.3) is 20.9 Å². The minimum atomic E-state index is 0.0117. The van der Waals surface area contributed by atoms with Gasteiger partial charge in [-0.25, -0.2) is 9.97 Å². The normalized spacial score (nSPS) is 13.8. The van der Waals surface area contributed by atoms with E-state index in [2.05, 4.69) is 29.0 Å². The van der Waals surface area contributed by atoms with Crippen LogP contribution in [0.2, 0.25) is 0 Å². The Morgan fingerprint density at radius 2 is 2.20 bits per heavy atom. The highest BCUT2D eigenvalue weighted by Gasteiger charge is 2.19. The molecule has 0 spiro atoms. The van der Waals surface area contributed by atoms with Crippen molar-refractivity contribution in [3.63, 3.8) is 0 Å². The SMILES string of the molecule is Cc1cccc(-c2nc3c(=O)n4c(nc3s2)CCC4)c1. The van der Waals surface area contributed by atoms with Gasteiger partial charge in [0.15, 0.2) is 10.3 Å². The highest BCUT2D eigenvalue weighted by atomic mass is 32.1. The number of aromatic nitrogens is 3. The number of hydrogen-bond donors (Lipinski definition) is 0. The van der Waals surface area contributed by atoms with Crippen LogP contribution >= 0.6 is 11.3 Å². The Morgan fingerprint density at radius 1 is 1.30 bits per heavy atom. The summed E-state index contributed by atoms with van der Waals surface area (Å²) < 4.78 is 1.77. The Labute approximate surface area is 119 Å². The Morgan fingerprint density at radius 3 is 3.05 bits per heavy atom. The van der Waals surface area contributed by atoms with Crippen molar-refractivity contribution >= 4 is 21.7 Å². The Bertz CT molecular complexity index is 878. The molecule has 0 N–H and O–H groups in total. The van der Waals surface area contributed by atoms with E-state index in [0.29, 0.717) is 5.52 Å². The van der Waals surface area contributed by atoms with E-state index in [1.54, 1.807) is 4.57 Å². The standard InChI is InChI=1S/C15H13N3OS/c1-9-4-2-5-10(8-9)13-17-12-14(20-13)16-11-6-3-7-18(11)15(12)19/h2,4-5,8H,3,6-7H2,1H3. The summed E-state index contributed by atoms with van der Waals surface area (Å²) >= 11 is 1.50. The van der Waals surface area contributed by atoms with E-state index in [1.807, 2.05) is 12.1 Å². The molecule has 0 saturated carbocycles. The van der Waals surface area contributed by atoms with Crippen molar-refractivity contribution in [1.82, 2.24) is 14.5 Å². The number of hydrogen-bond acceptors (Lipinski definition) is 4. The van der Waals surface area contributed by atoms with Gasteiger partial charge in [-0.3, -0.25) is 9.36 Å². The molecule has 100 valence electrons. The number of thiazole rings is 1. The summed E-state index contributed by atoms with van der Waals surface area (Å²) in [6, 6.07) is 8.18. The summed E-state index contributed by atoms with van der Waals surface area (Å²) in [6.45, 7) is 2.83. The van der Waals surface area contributed by atoms with Crippen molar-refractivity contribution in [2.24, 2.45) is 0 Å². The van der Waals surface area contributed by atoms with Gasteiger partial charge in [0, 0.05) is 18.5 Å². The van der Waals surface area contributed by atoms with Gasteiger partial charge >= 0.3 is 0 Å². The fourth-order valence-electron chi connectivity index (χ4n) is 2.67. The third-order valence-corrected chi connectivity index (χ3v) is 4.64. The maximum absolute atomic E-state index is 12.4. The summed E-state index contributed by atoms with van der Waals surface area (Å²) in [7, 11) is 0. The highest BCUT2D eigenvalue weighted by Crippen LogP contribution is 2.28. The summed E-state index contributed by atoms with van der Waals surface area (Å²) in [4.78, 5) is 22.3. The molecule has 1 aromatic carbocycles. The summed E-state index contributed by atoms with van der Waals surface area (Å²) in [5, 5.41) is 0.873. The van der Waals surface area contributed by atoms with Crippen molar-refractivity contribution in [2.75, 3.05) is 0 Å². The van der Waals surface area contributed by atoms with Gasteiger partial charge in [-0.05, 0) is 19.4 Å². The first kappa shape index (κ1) is 11.8. The van der Waals surface area contributed by atoms with Crippen LogP contribution in [0, 0.1) is 6.92 Å². The molecule has 0 bridgehead atoms. The molecule has 1 aliphatic heterocycles. The van der Waals surface area contributed by atoms with Crippen molar-refractivity contribution < 1.29 is 0 Å². The Balaban J connectivity index is 1.96. The second-order valence-electron chi connectivity index (χ2n) is 5.13. The number of fused-ring (bicyclic) bond motifs is 2. The second kappa shape index (κ2) is 4.24. The monoisotopic (exact) mass is 283 g/mol. The first-order valence-electron chi connectivity index (χ1n) is 6.70. The Hall–Kier alpha value is -2.01. The van der Waals surface area contributed by atoms with E-state index in [1.165, 1.54) is 16.9 Å². The zero-order chi connectivity index (χ0) is 13.7. The first-order valence-corrected chi connectivity index (χ1v) is 7.51. The van der Waals surface area contributed by atoms with E-state index in [-0.39, 0.29) is 5.56 Å². The van der Waals surface area contributed by atoms with E-state index in [0.717, 1.165) is 40.6 Å². The van der Waals surface area contributed by atoms with Crippen LogP contribution < -0.4 is 5.56 Å². The molecule has 4 rings (SSSR count). The third kappa shape index (κ3) is 1.70. The van der Waals surface area contributed by atoms with Gasteiger partial charge in [-0.15, -0.1) is 0 Å². The zero-order valence-corrected chi connectivity index (χ0v) is 11.9. The molecule has 0 fully saturated rings. The van der Waals surface area contributed by atoms with Gasteiger partial charge in [-0.1, -0.05) is 35.1 Å². The maximum Gasteiger partial charge on any atom is 0.280 e. The summed E-state index contributed by atoms with van der Waals surface area (Å²) in [5.41, 5.74) is 2.77. The summed E-state index contributed by atoms with van der Waals surface area (Å²) in [5.74, 6) is 0.905. The number of rotatable bonds is 1. The quantitative estimate of drug-likeness (QED) is 0.690. The second-order valence-corrected chi connectivity index (χ2v) is 6.11. The van der Waals surface area contributed by atoms with Crippen LogP contribution in [-0.2, 0) is 13.0 Å². The molecule has 5 heteroatoms. The van der Waals surface area contributed by atoms with Gasteiger partial charge in [0.25, 0.3) is 5.56 Å². The molecule has 0 amide bonds. The van der Waals surface area contributed by atoms with E-state index < -0.39 is 0 Å². The maximum atomic E-state index is 12.4. The third-order valence-electron chi connectivity index (χ3n) is 3.65. The van der Waals surface area contributed by atoms with Crippen LogP contribution in [-0.4, -0.2) is 14.5 Å². The minimum Gasteiger partial charge on any atom is -0.295 e. The largest absolute Gasteiger partial charge is 0.295 e. The number of benzene rings is 1. The lowest BCUT2D eigenvalue weighted by Crippen LogP contribution is -2.20.